The van der Waals surface area contributed by atoms with Gasteiger partial charge in [-0.3, -0.25) is 9.78 Å². The number of hydrogen-bond acceptors (Lipinski definition) is 4. The fraction of sp³-hybridized carbons (Fsp3) is 0.214. The smallest absolute Gasteiger partial charge is 0.351 e. The SMILES string of the molecule is CCSc1c(C(F)(F)F)c[nH]c(=S)c1NC(=O)c1cccnc1. The minimum atomic E-state index is -4.55. The van der Waals surface area contributed by atoms with Crippen LogP contribution in [0.5, 0.6) is 0 Å². The zero-order chi connectivity index (χ0) is 17.0. The van der Waals surface area contributed by atoms with Crippen molar-refractivity contribution in [1.82, 2.24) is 9.97 Å². The van der Waals surface area contributed by atoms with Crippen molar-refractivity contribution in [3.63, 3.8) is 0 Å². The second-order valence-corrected chi connectivity index (χ2v) is 6.04. The topological polar surface area (TPSA) is 57.8 Å². The second kappa shape index (κ2) is 7.14. The van der Waals surface area contributed by atoms with E-state index in [0.29, 0.717) is 5.75 Å². The molecule has 1 amide bonds. The van der Waals surface area contributed by atoms with Gasteiger partial charge in [0.15, 0.2) is 0 Å². The number of alkyl halides is 3. The predicted octanol–water partition coefficient (Wildman–Crippen LogP) is 4.52. The van der Waals surface area contributed by atoms with Crippen molar-refractivity contribution in [1.29, 1.82) is 0 Å². The normalized spacial score (nSPS) is 11.3. The predicted molar refractivity (Wildman–Crippen MR) is 85.2 cm³/mol. The summed E-state index contributed by atoms with van der Waals surface area (Å²) < 4.78 is 39.5. The number of amides is 1. The molecule has 0 aliphatic carbocycles. The van der Waals surface area contributed by atoms with Crippen LogP contribution >= 0.6 is 24.0 Å². The molecule has 2 heterocycles. The Morgan fingerprint density at radius 3 is 2.78 bits per heavy atom. The van der Waals surface area contributed by atoms with Gasteiger partial charge in [0.2, 0.25) is 0 Å². The van der Waals surface area contributed by atoms with Gasteiger partial charge in [-0.05, 0) is 17.9 Å². The lowest BCUT2D eigenvalue weighted by molar-refractivity contribution is -0.139. The summed E-state index contributed by atoms with van der Waals surface area (Å²) in [5.74, 6) is -0.174. The zero-order valence-corrected chi connectivity index (χ0v) is 13.5. The molecule has 2 aromatic heterocycles. The molecule has 0 fully saturated rings. The fourth-order valence-corrected chi connectivity index (χ4v) is 3.01. The van der Waals surface area contributed by atoms with Crippen LogP contribution in [0.25, 0.3) is 0 Å². The first kappa shape index (κ1) is 17.5. The maximum absolute atomic E-state index is 13.2. The molecule has 0 aliphatic heterocycles. The molecule has 0 saturated carbocycles. The Hall–Kier alpha value is -1.87. The number of pyridine rings is 2. The first-order valence-corrected chi connectivity index (χ1v) is 7.91. The summed E-state index contributed by atoms with van der Waals surface area (Å²) in [7, 11) is 0. The van der Waals surface area contributed by atoms with E-state index in [9.17, 15) is 18.0 Å². The van der Waals surface area contributed by atoms with Gasteiger partial charge in [-0.25, -0.2) is 0 Å². The molecule has 4 nitrogen and oxygen atoms in total. The Kier molecular flexibility index (Phi) is 5.42. The minimum Gasteiger partial charge on any atom is -0.351 e. The summed E-state index contributed by atoms with van der Waals surface area (Å²) in [4.78, 5) is 18.3. The molecule has 0 unspecified atom stereocenters. The lowest BCUT2D eigenvalue weighted by Gasteiger charge is -2.16. The number of H-pyrrole nitrogens is 1. The first-order valence-electron chi connectivity index (χ1n) is 6.51. The van der Waals surface area contributed by atoms with E-state index in [-0.39, 0.29) is 20.8 Å². The molecule has 0 spiro atoms. The van der Waals surface area contributed by atoms with Gasteiger partial charge in [0.05, 0.1) is 16.8 Å². The molecule has 2 rings (SSSR count). The highest BCUT2D eigenvalue weighted by Crippen LogP contribution is 2.40. The van der Waals surface area contributed by atoms with E-state index in [4.69, 9.17) is 12.2 Å². The minimum absolute atomic E-state index is 0.0335. The molecular weight excluding hydrogens is 347 g/mol. The molecule has 23 heavy (non-hydrogen) atoms. The highest BCUT2D eigenvalue weighted by molar-refractivity contribution is 7.99. The molecule has 0 atom stereocenters. The number of rotatable bonds is 4. The lowest BCUT2D eigenvalue weighted by Crippen LogP contribution is -2.16. The van der Waals surface area contributed by atoms with Gasteiger partial charge in [0, 0.05) is 23.5 Å². The van der Waals surface area contributed by atoms with Crippen LogP contribution in [0.1, 0.15) is 22.8 Å². The third-order valence-electron chi connectivity index (χ3n) is 2.80. The maximum Gasteiger partial charge on any atom is 0.418 e. The van der Waals surface area contributed by atoms with E-state index in [1.165, 1.54) is 18.5 Å². The molecule has 2 aromatic rings. The van der Waals surface area contributed by atoms with Crippen LogP contribution in [0.3, 0.4) is 0 Å². The zero-order valence-electron chi connectivity index (χ0n) is 11.9. The Morgan fingerprint density at radius 2 is 2.22 bits per heavy atom. The quantitative estimate of drug-likeness (QED) is 0.622. The van der Waals surface area contributed by atoms with Gasteiger partial charge in [0.25, 0.3) is 5.91 Å². The number of anilines is 1. The van der Waals surface area contributed by atoms with Crippen LogP contribution in [0.2, 0.25) is 0 Å². The van der Waals surface area contributed by atoms with Crippen molar-refractivity contribution in [2.75, 3.05) is 11.1 Å². The number of hydrogen-bond donors (Lipinski definition) is 2. The Balaban J connectivity index is 2.49. The molecule has 0 saturated heterocycles. The van der Waals surface area contributed by atoms with E-state index in [2.05, 4.69) is 15.3 Å². The van der Waals surface area contributed by atoms with Gasteiger partial charge in [-0.2, -0.15) is 13.2 Å². The molecule has 0 radical (unpaired) electrons. The molecule has 9 heteroatoms. The van der Waals surface area contributed by atoms with E-state index >= 15 is 0 Å². The molecular formula is C14H12F3N3OS2. The van der Waals surface area contributed by atoms with Gasteiger partial charge in [0.1, 0.15) is 4.64 Å². The number of aromatic nitrogens is 2. The van der Waals surface area contributed by atoms with Gasteiger partial charge < -0.3 is 10.3 Å². The van der Waals surface area contributed by atoms with Crippen molar-refractivity contribution >= 4 is 35.6 Å². The van der Waals surface area contributed by atoms with Crippen molar-refractivity contribution in [3.05, 3.63) is 46.5 Å². The number of carbonyl (C=O) groups is 1. The van der Waals surface area contributed by atoms with Crippen molar-refractivity contribution in [2.24, 2.45) is 0 Å². The number of nitrogens with zero attached hydrogens (tertiary/aromatic N) is 1. The van der Waals surface area contributed by atoms with Crippen LogP contribution in [0.15, 0.2) is 35.6 Å². The lowest BCUT2D eigenvalue weighted by atomic mass is 10.2. The van der Waals surface area contributed by atoms with E-state index in [1.807, 2.05) is 0 Å². The molecule has 0 aromatic carbocycles. The molecule has 122 valence electrons. The monoisotopic (exact) mass is 359 g/mol. The Bertz CT molecular complexity index is 760. The van der Waals surface area contributed by atoms with Crippen LogP contribution < -0.4 is 5.32 Å². The molecule has 0 bridgehead atoms. The summed E-state index contributed by atoms with van der Waals surface area (Å²) in [6, 6.07) is 3.07. The highest BCUT2D eigenvalue weighted by Gasteiger charge is 2.35. The fourth-order valence-electron chi connectivity index (χ4n) is 1.81. The number of nitrogens with one attached hydrogen (secondary N) is 2. The van der Waals surface area contributed by atoms with Gasteiger partial charge in [-0.15, -0.1) is 11.8 Å². The summed E-state index contributed by atoms with van der Waals surface area (Å²) in [6.07, 6.45) is -0.918. The van der Waals surface area contributed by atoms with E-state index < -0.39 is 17.6 Å². The van der Waals surface area contributed by atoms with Gasteiger partial charge >= 0.3 is 6.18 Å². The van der Waals surface area contributed by atoms with Crippen LogP contribution in [-0.4, -0.2) is 21.6 Å². The largest absolute Gasteiger partial charge is 0.418 e. The summed E-state index contributed by atoms with van der Waals surface area (Å²) in [5.41, 5.74) is -0.679. The average Bonchev–Trinajstić information content (AvgIpc) is 2.50. The van der Waals surface area contributed by atoms with E-state index in [0.717, 1.165) is 18.0 Å². The Morgan fingerprint density at radius 1 is 1.48 bits per heavy atom. The number of halogens is 3. The maximum atomic E-state index is 13.2. The van der Waals surface area contributed by atoms with Crippen LogP contribution in [0, 0.1) is 4.64 Å². The summed E-state index contributed by atoms with van der Waals surface area (Å²) in [6.45, 7) is 1.72. The average molecular weight is 359 g/mol. The number of thioether (sulfide) groups is 1. The first-order chi connectivity index (χ1) is 10.8. The van der Waals surface area contributed by atoms with Crippen molar-refractivity contribution < 1.29 is 18.0 Å². The third-order valence-corrected chi connectivity index (χ3v) is 4.13. The molecule has 0 aliphatic rings. The van der Waals surface area contributed by atoms with Crippen molar-refractivity contribution in [3.8, 4) is 0 Å². The number of aromatic amines is 1. The van der Waals surface area contributed by atoms with Gasteiger partial charge in [-0.1, -0.05) is 19.1 Å². The van der Waals surface area contributed by atoms with Crippen LogP contribution in [0.4, 0.5) is 18.9 Å². The van der Waals surface area contributed by atoms with E-state index in [1.54, 1.807) is 13.0 Å². The Labute approximate surface area is 139 Å². The van der Waals surface area contributed by atoms with Crippen molar-refractivity contribution in [2.45, 2.75) is 18.0 Å². The van der Waals surface area contributed by atoms with Crippen LogP contribution in [-0.2, 0) is 6.18 Å². The number of carbonyl (C=O) groups excluding carboxylic acids is 1. The summed E-state index contributed by atoms with van der Waals surface area (Å²) in [5, 5.41) is 2.46. The standard InChI is InChI=1S/C14H12F3N3OS2/c1-2-23-11-9(14(15,16)17)7-19-13(22)10(11)20-12(21)8-4-3-5-18-6-8/h3-7H,2H2,1H3,(H,19,22)(H,20,21). The third kappa shape index (κ3) is 4.11. The highest BCUT2D eigenvalue weighted by atomic mass is 32.2. The molecule has 2 N–H and O–H groups in total. The summed E-state index contributed by atoms with van der Waals surface area (Å²) >= 11 is 6.01. The second-order valence-electron chi connectivity index (χ2n) is 4.36.